The number of hydrogen-bond acceptors (Lipinski definition) is 4. The van der Waals surface area contributed by atoms with Crippen LogP contribution in [0.25, 0.3) is 0 Å². The van der Waals surface area contributed by atoms with Gasteiger partial charge in [0, 0.05) is 12.6 Å². The Labute approximate surface area is 135 Å². The fourth-order valence-corrected chi connectivity index (χ4v) is 4.39. The van der Waals surface area contributed by atoms with Gasteiger partial charge in [0.2, 0.25) is 16.8 Å². The van der Waals surface area contributed by atoms with E-state index in [2.05, 4.69) is 0 Å². The highest BCUT2D eigenvalue weighted by Gasteiger charge is 2.44. The van der Waals surface area contributed by atoms with E-state index in [0.29, 0.717) is 17.9 Å². The number of sulfonamides is 1. The summed E-state index contributed by atoms with van der Waals surface area (Å²) < 4.78 is 37.3. The molecule has 2 heterocycles. The quantitative estimate of drug-likeness (QED) is 0.807. The van der Waals surface area contributed by atoms with Gasteiger partial charge in [0.25, 0.3) is 0 Å². The Morgan fingerprint density at radius 2 is 1.83 bits per heavy atom. The Morgan fingerprint density at radius 3 is 2.61 bits per heavy atom. The first-order chi connectivity index (χ1) is 11.0. The van der Waals surface area contributed by atoms with Crippen LogP contribution in [0.3, 0.4) is 0 Å². The van der Waals surface area contributed by atoms with Gasteiger partial charge in [-0.25, -0.2) is 8.42 Å². The zero-order chi connectivity index (χ0) is 16.0. The summed E-state index contributed by atoms with van der Waals surface area (Å²) in [5.41, 5.74) is 2.10. The molecule has 0 aromatic heterocycles. The minimum Gasteiger partial charge on any atom is -0.454 e. The summed E-state index contributed by atoms with van der Waals surface area (Å²) in [6.45, 7) is 2.75. The molecule has 2 aromatic carbocycles. The average molecular weight is 331 g/mol. The maximum absolute atomic E-state index is 12.6. The van der Waals surface area contributed by atoms with Crippen LogP contribution in [-0.4, -0.2) is 32.1 Å². The van der Waals surface area contributed by atoms with Crippen molar-refractivity contribution in [2.45, 2.75) is 24.3 Å². The van der Waals surface area contributed by atoms with Gasteiger partial charge in [-0.05, 0) is 43.2 Å². The third-order valence-electron chi connectivity index (χ3n) is 4.20. The first-order valence-corrected chi connectivity index (χ1v) is 8.95. The van der Waals surface area contributed by atoms with Crippen molar-refractivity contribution in [3.63, 3.8) is 0 Å². The Morgan fingerprint density at radius 1 is 1.09 bits per heavy atom. The highest BCUT2D eigenvalue weighted by molar-refractivity contribution is 7.89. The van der Waals surface area contributed by atoms with E-state index in [0.717, 1.165) is 22.6 Å². The van der Waals surface area contributed by atoms with Crippen molar-refractivity contribution in [1.82, 2.24) is 4.31 Å². The van der Waals surface area contributed by atoms with Crippen molar-refractivity contribution in [2.24, 2.45) is 0 Å². The predicted octanol–water partition coefficient (Wildman–Crippen LogP) is 2.34. The minimum atomic E-state index is -3.39. The smallest absolute Gasteiger partial charge is 0.243 e. The maximum atomic E-state index is 12.6. The number of hydrogen-bond donors (Lipinski definition) is 0. The van der Waals surface area contributed by atoms with Gasteiger partial charge in [-0.15, -0.1) is 0 Å². The van der Waals surface area contributed by atoms with E-state index in [-0.39, 0.29) is 12.8 Å². The first-order valence-electron chi connectivity index (χ1n) is 7.51. The van der Waals surface area contributed by atoms with Gasteiger partial charge < -0.3 is 9.47 Å². The van der Waals surface area contributed by atoms with Crippen molar-refractivity contribution >= 4 is 10.0 Å². The highest BCUT2D eigenvalue weighted by Crippen LogP contribution is 2.35. The van der Waals surface area contributed by atoms with Gasteiger partial charge >= 0.3 is 0 Å². The van der Waals surface area contributed by atoms with Crippen molar-refractivity contribution in [3.05, 3.63) is 53.6 Å². The lowest BCUT2D eigenvalue weighted by atomic mass is 10.1. The molecule has 0 saturated carbocycles. The molecule has 4 rings (SSSR count). The Balaban J connectivity index is 1.48. The van der Waals surface area contributed by atoms with Crippen molar-refractivity contribution in [2.75, 3.05) is 13.3 Å². The van der Waals surface area contributed by atoms with Gasteiger partial charge in [-0.3, -0.25) is 0 Å². The zero-order valence-corrected chi connectivity index (χ0v) is 13.5. The summed E-state index contributed by atoms with van der Waals surface area (Å²) in [6, 6.07) is 12.8. The SMILES string of the molecule is Cc1ccc(S(=O)(=O)N2CC2Cc2ccc3c(c2)OCO3)cc1. The molecule has 0 radical (unpaired) electrons. The van der Waals surface area contributed by atoms with Gasteiger partial charge in [-0.2, -0.15) is 4.31 Å². The fraction of sp³-hybridized carbons (Fsp3) is 0.294. The number of benzene rings is 2. The number of ether oxygens (including phenoxy) is 2. The Bertz CT molecular complexity index is 845. The second-order valence-electron chi connectivity index (χ2n) is 5.93. The van der Waals surface area contributed by atoms with E-state index in [9.17, 15) is 8.42 Å². The molecular weight excluding hydrogens is 314 g/mol. The molecular formula is C17H17NO4S. The van der Waals surface area contributed by atoms with Crippen molar-refractivity contribution in [3.8, 4) is 11.5 Å². The molecule has 0 bridgehead atoms. The lowest BCUT2D eigenvalue weighted by molar-refractivity contribution is 0.174. The van der Waals surface area contributed by atoms with Gasteiger partial charge in [0.1, 0.15) is 0 Å². The van der Waals surface area contributed by atoms with Crippen molar-refractivity contribution in [1.29, 1.82) is 0 Å². The van der Waals surface area contributed by atoms with Crippen LogP contribution in [-0.2, 0) is 16.4 Å². The highest BCUT2D eigenvalue weighted by atomic mass is 32.2. The van der Waals surface area contributed by atoms with Crippen LogP contribution in [0.4, 0.5) is 0 Å². The number of fused-ring (bicyclic) bond motifs is 1. The fourth-order valence-electron chi connectivity index (χ4n) is 2.81. The summed E-state index contributed by atoms with van der Waals surface area (Å²) in [4.78, 5) is 0.358. The molecule has 1 fully saturated rings. The molecule has 23 heavy (non-hydrogen) atoms. The molecule has 2 aliphatic rings. The summed E-state index contributed by atoms with van der Waals surface area (Å²) in [5.74, 6) is 1.48. The van der Waals surface area contributed by atoms with Crippen LogP contribution < -0.4 is 9.47 Å². The molecule has 120 valence electrons. The van der Waals surface area contributed by atoms with E-state index in [1.807, 2.05) is 37.3 Å². The molecule has 2 aromatic rings. The van der Waals surface area contributed by atoms with Crippen molar-refractivity contribution < 1.29 is 17.9 Å². The lowest BCUT2D eigenvalue weighted by Crippen LogP contribution is -2.15. The number of nitrogens with zero attached hydrogens (tertiary/aromatic N) is 1. The Hall–Kier alpha value is -2.05. The number of rotatable bonds is 4. The topological polar surface area (TPSA) is 55.6 Å². The van der Waals surface area contributed by atoms with Gasteiger partial charge in [-0.1, -0.05) is 23.8 Å². The standard InChI is InChI=1S/C17H17NO4S/c1-12-2-5-15(6-3-12)23(19,20)18-10-14(18)8-13-4-7-16-17(9-13)22-11-21-16/h2-7,9,14H,8,10-11H2,1H3. The van der Waals surface area contributed by atoms with E-state index < -0.39 is 10.0 Å². The van der Waals surface area contributed by atoms with Crippen LogP contribution in [0, 0.1) is 6.92 Å². The van der Waals surface area contributed by atoms with E-state index >= 15 is 0 Å². The Kier molecular flexibility index (Phi) is 3.32. The first kappa shape index (κ1) is 14.5. The molecule has 2 atom stereocenters. The van der Waals surface area contributed by atoms with Crippen LogP contribution in [0.5, 0.6) is 11.5 Å². The molecule has 0 N–H and O–H groups in total. The minimum absolute atomic E-state index is 0.0154. The molecule has 2 aliphatic heterocycles. The lowest BCUT2D eigenvalue weighted by Gasteiger charge is -2.07. The zero-order valence-electron chi connectivity index (χ0n) is 12.7. The van der Waals surface area contributed by atoms with Crippen LogP contribution in [0.1, 0.15) is 11.1 Å². The second-order valence-corrected chi connectivity index (χ2v) is 7.82. The second kappa shape index (κ2) is 5.25. The van der Waals surface area contributed by atoms with E-state index in [1.165, 1.54) is 0 Å². The third-order valence-corrected chi connectivity index (χ3v) is 6.13. The monoisotopic (exact) mass is 331 g/mol. The largest absolute Gasteiger partial charge is 0.454 e. The predicted molar refractivity (Wildman–Crippen MR) is 85.1 cm³/mol. The van der Waals surface area contributed by atoms with Crippen LogP contribution in [0.2, 0.25) is 0 Å². The molecule has 1 saturated heterocycles. The van der Waals surface area contributed by atoms with Crippen LogP contribution >= 0.6 is 0 Å². The van der Waals surface area contributed by atoms with E-state index in [1.54, 1.807) is 16.4 Å². The average Bonchev–Trinajstić information content (AvgIpc) is 3.15. The van der Waals surface area contributed by atoms with Crippen LogP contribution in [0.15, 0.2) is 47.4 Å². The number of aryl methyl sites for hydroxylation is 1. The molecule has 5 nitrogen and oxygen atoms in total. The van der Waals surface area contributed by atoms with Gasteiger partial charge in [0.05, 0.1) is 4.90 Å². The maximum Gasteiger partial charge on any atom is 0.243 e. The molecule has 0 spiro atoms. The van der Waals surface area contributed by atoms with Gasteiger partial charge in [0.15, 0.2) is 11.5 Å². The summed E-state index contributed by atoms with van der Waals surface area (Å²) >= 11 is 0. The third kappa shape index (κ3) is 2.68. The summed E-state index contributed by atoms with van der Waals surface area (Å²) in [7, 11) is -3.39. The molecule has 0 amide bonds. The van der Waals surface area contributed by atoms with E-state index in [4.69, 9.17) is 9.47 Å². The summed E-state index contributed by atoms with van der Waals surface area (Å²) in [5, 5.41) is 0. The summed E-state index contributed by atoms with van der Waals surface area (Å²) in [6.07, 6.45) is 0.682. The normalized spacial score (nSPS) is 22.1. The molecule has 6 heteroatoms. The molecule has 0 aliphatic carbocycles. The molecule has 2 unspecified atom stereocenters.